The highest BCUT2D eigenvalue weighted by Crippen LogP contribution is 2.09. The van der Waals surface area contributed by atoms with E-state index in [-0.39, 0.29) is 6.04 Å². The Bertz CT molecular complexity index is 450. The molecule has 0 aliphatic carbocycles. The molecule has 0 saturated carbocycles. The van der Waals surface area contributed by atoms with Crippen LogP contribution in [0.15, 0.2) is 17.0 Å². The number of nitrogens with zero attached hydrogens (tertiary/aromatic N) is 4. The van der Waals surface area contributed by atoms with E-state index in [0.717, 1.165) is 16.1 Å². The van der Waals surface area contributed by atoms with Gasteiger partial charge in [-0.3, -0.25) is 4.40 Å². The zero-order chi connectivity index (χ0) is 10.1. The number of halogens is 1. The van der Waals surface area contributed by atoms with Crippen LogP contribution in [-0.4, -0.2) is 25.6 Å². The fourth-order valence-corrected chi connectivity index (χ4v) is 1.56. The molecule has 0 aliphatic rings. The predicted molar refractivity (Wildman–Crippen MR) is 55.8 cm³/mol. The van der Waals surface area contributed by atoms with Crippen LogP contribution >= 0.6 is 15.9 Å². The van der Waals surface area contributed by atoms with Crippen LogP contribution in [0.3, 0.4) is 0 Å². The maximum atomic E-state index is 5.70. The summed E-state index contributed by atoms with van der Waals surface area (Å²) < 4.78 is 2.65. The molecule has 1 unspecified atom stereocenters. The second-order valence-corrected chi connectivity index (χ2v) is 4.05. The normalized spacial score (nSPS) is 13.4. The largest absolute Gasteiger partial charge is 0.328 e. The van der Waals surface area contributed by atoms with E-state index in [1.807, 2.05) is 17.5 Å². The van der Waals surface area contributed by atoms with Gasteiger partial charge in [-0.2, -0.15) is 0 Å². The number of nitrogens with two attached hydrogens (primary N) is 1. The average molecular weight is 256 g/mol. The van der Waals surface area contributed by atoms with Crippen molar-refractivity contribution in [1.82, 2.24) is 19.6 Å². The first-order valence-electron chi connectivity index (χ1n) is 4.27. The smallest absolute Gasteiger partial charge is 0.179 e. The van der Waals surface area contributed by atoms with E-state index >= 15 is 0 Å². The highest BCUT2D eigenvalue weighted by Gasteiger charge is 2.07. The summed E-state index contributed by atoms with van der Waals surface area (Å²) in [6, 6.07) is 0.0781. The summed E-state index contributed by atoms with van der Waals surface area (Å²) in [5, 5.41) is 8.04. The van der Waals surface area contributed by atoms with Crippen molar-refractivity contribution in [2.75, 3.05) is 0 Å². The van der Waals surface area contributed by atoms with E-state index < -0.39 is 0 Å². The minimum absolute atomic E-state index is 0.0781. The third-order valence-corrected chi connectivity index (χ3v) is 2.25. The van der Waals surface area contributed by atoms with Crippen LogP contribution in [0.5, 0.6) is 0 Å². The SMILES string of the molecule is CC(N)Cc1nnc2cnc(Br)cn12. The van der Waals surface area contributed by atoms with Gasteiger partial charge in [-0.25, -0.2) is 4.98 Å². The van der Waals surface area contributed by atoms with Gasteiger partial charge < -0.3 is 5.73 Å². The number of hydrogen-bond acceptors (Lipinski definition) is 4. The van der Waals surface area contributed by atoms with Gasteiger partial charge in [-0.1, -0.05) is 0 Å². The zero-order valence-electron chi connectivity index (χ0n) is 7.68. The van der Waals surface area contributed by atoms with Crippen LogP contribution in [0, 0.1) is 0 Å². The van der Waals surface area contributed by atoms with Gasteiger partial charge in [0, 0.05) is 18.7 Å². The zero-order valence-corrected chi connectivity index (χ0v) is 9.27. The third kappa shape index (κ3) is 1.76. The number of aromatic nitrogens is 4. The lowest BCUT2D eigenvalue weighted by atomic mass is 10.2. The van der Waals surface area contributed by atoms with Gasteiger partial charge in [0.05, 0.1) is 6.20 Å². The Morgan fingerprint density at radius 1 is 1.57 bits per heavy atom. The second-order valence-electron chi connectivity index (χ2n) is 3.24. The molecule has 0 spiro atoms. The maximum absolute atomic E-state index is 5.70. The molecule has 2 N–H and O–H groups in total. The fraction of sp³-hybridized carbons (Fsp3) is 0.375. The van der Waals surface area contributed by atoms with Crippen LogP contribution in [-0.2, 0) is 6.42 Å². The van der Waals surface area contributed by atoms with Crippen molar-refractivity contribution < 1.29 is 0 Å². The Hall–Kier alpha value is -1.01. The molecule has 1 atom stereocenters. The van der Waals surface area contributed by atoms with Crippen LogP contribution in [0.25, 0.3) is 5.65 Å². The molecule has 0 aliphatic heterocycles. The first-order valence-corrected chi connectivity index (χ1v) is 5.07. The Labute approximate surface area is 89.5 Å². The van der Waals surface area contributed by atoms with E-state index in [2.05, 4.69) is 31.1 Å². The molecule has 0 amide bonds. The Balaban J connectivity index is 2.50. The highest BCUT2D eigenvalue weighted by molar-refractivity contribution is 9.10. The summed E-state index contributed by atoms with van der Waals surface area (Å²) in [6.07, 6.45) is 4.21. The topological polar surface area (TPSA) is 69.1 Å². The molecule has 0 aromatic carbocycles. The van der Waals surface area contributed by atoms with Crippen molar-refractivity contribution in [3.8, 4) is 0 Å². The van der Waals surface area contributed by atoms with Gasteiger partial charge in [-0.15, -0.1) is 10.2 Å². The predicted octanol–water partition coefficient (Wildman–Crippen LogP) is 0.776. The van der Waals surface area contributed by atoms with Crippen molar-refractivity contribution in [1.29, 1.82) is 0 Å². The van der Waals surface area contributed by atoms with Gasteiger partial charge in [0.1, 0.15) is 10.4 Å². The molecular formula is C8H10BrN5. The average Bonchev–Trinajstić information content (AvgIpc) is 2.47. The quantitative estimate of drug-likeness (QED) is 0.861. The lowest BCUT2D eigenvalue weighted by Crippen LogP contribution is -2.19. The molecular weight excluding hydrogens is 246 g/mol. The summed E-state index contributed by atoms with van der Waals surface area (Å²) in [5.74, 6) is 0.859. The first kappa shape index (κ1) is 9.54. The lowest BCUT2D eigenvalue weighted by molar-refractivity contribution is 0.694. The van der Waals surface area contributed by atoms with E-state index in [0.29, 0.717) is 6.42 Å². The molecule has 2 aromatic rings. The monoisotopic (exact) mass is 255 g/mol. The van der Waals surface area contributed by atoms with E-state index in [9.17, 15) is 0 Å². The van der Waals surface area contributed by atoms with E-state index in [1.54, 1.807) is 6.20 Å². The van der Waals surface area contributed by atoms with Crippen molar-refractivity contribution >= 4 is 21.6 Å². The van der Waals surface area contributed by atoms with Crippen molar-refractivity contribution in [2.45, 2.75) is 19.4 Å². The van der Waals surface area contributed by atoms with Gasteiger partial charge in [-0.05, 0) is 22.9 Å². The molecule has 0 fully saturated rings. The van der Waals surface area contributed by atoms with Crippen LogP contribution in [0.1, 0.15) is 12.7 Å². The molecule has 5 nitrogen and oxygen atoms in total. The summed E-state index contributed by atoms with van der Waals surface area (Å²) in [7, 11) is 0. The maximum Gasteiger partial charge on any atom is 0.179 e. The summed E-state index contributed by atoms with van der Waals surface area (Å²) in [4.78, 5) is 4.06. The Morgan fingerprint density at radius 2 is 2.36 bits per heavy atom. The lowest BCUT2D eigenvalue weighted by Gasteiger charge is -2.02. The van der Waals surface area contributed by atoms with E-state index in [4.69, 9.17) is 5.73 Å². The van der Waals surface area contributed by atoms with Gasteiger partial charge >= 0.3 is 0 Å². The standard InChI is InChI=1S/C8H10BrN5/c1-5(10)2-7-12-13-8-3-11-6(9)4-14(7)8/h3-5H,2,10H2,1H3. The molecule has 2 aromatic heterocycles. The molecule has 2 rings (SSSR count). The molecule has 6 heteroatoms. The molecule has 74 valence electrons. The second kappa shape index (κ2) is 3.62. The highest BCUT2D eigenvalue weighted by atomic mass is 79.9. The van der Waals surface area contributed by atoms with Gasteiger partial charge in [0.15, 0.2) is 5.65 Å². The molecule has 14 heavy (non-hydrogen) atoms. The van der Waals surface area contributed by atoms with E-state index in [1.165, 1.54) is 0 Å². The molecule has 0 bridgehead atoms. The summed E-state index contributed by atoms with van der Waals surface area (Å²) in [6.45, 7) is 1.94. The molecule has 0 saturated heterocycles. The van der Waals surface area contributed by atoms with Crippen LogP contribution in [0.4, 0.5) is 0 Å². The van der Waals surface area contributed by atoms with Crippen molar-refractivity contribution in [3.05, 3.63) is 22.8 Å². The molecule has 2 heterocycles. The van der Waals surface area contributed by atoms with Crippen molar-refractivity contribution in [2.24, 2.45) is 5.73 Å². The fourth-order valence-electron chi connectivity index (χ4n) is 1.25. The minimum Gasteiger partial charge on any atom is -0.328 e. The number of hydrogen-bond donors (Lipinski definition) is 1. The van der Waals surface area contributed by atoms with Crippen LogP contribution < -0.4 is 5.73 Å². The molecule has 0 radical (unpaired) electrons. The van der Waals surface area contributed by atoms with Gasteiger partial charge in [0.25, 0.3) is 0 Å². The number of fused-ring (bicyclic) bond motifs is 1. The Morgan fingerprint density at radius 3 is 3.07 bits per heavy atom. The number of rotatable bonds is 2. The summed E-state index contributed by atoms with van der Waals surface area (Å²) >= 11 is 3.30. The Kier molecular flexibility index (Phi) is 2.47. The third-order valence-electron chi connectivity index (χ3n) is 1.84. The van der Waals surface area contributed by atoms with Gasteiger partial charge in [0.2, 0.25) is 0 Å². The van der Waals surface area contributed by atoms with Crippen molar-refractivity contribution in [3.63, 3.8) is 0 Å². The minimum atomic E-state index is 0.0781. The van der Waals surface area contributed by atoms with Crippen LogP contribution in [0.2, 0.25) is 0 Å². The summed E-state index contributed by atoms with van der Waals surface area (Å²) in [5.41, 5.74) is 6.44. The first-order chi connectivity index (χ1) is 6.66.